The molecule has 0 aliphatic rings. The molecular weight excluding hydrogens is 152 g/mol. The van der Waals surface area contributed by atoms with E-state index in [1.165, 1.54) is 18.2 Å². The highest BCUT2D eigenvalue weighted by Gasteiger charge is 2.03. The van der Waals surface area contributed by atoms with E-state index >= 15 is 0 Å². The SMILES string of the molecule is N#CC(=O)c1cccc(C#N)c1. The third-order valence-electron chi connectivity index (χ3n) is 1.36. The first-order chi connectivity index (χ1) is 5.77. The van der Waals surface area contributed by atoms with Gasteiger partial charge in [0, 0.05) is 5.56 Å². The predicted octanol–water partition coefficient (Wildman–Crippen LogP) is 1.26. The van der Waals surface area contributed by atoms with E-state index in [0.29, 0.717) is 5.56 Å². The molecule has 3 heteroatoms. The van der Waals surface area contributed by atoms with Crippen molar-refractivity contribution in [2.45, 2.75) is 0 Å². The van der Waals surface area contributed by atoms with E-state index in [1.54, 1.807) is 12.1 Å². The maximum absolute atomic E-state index is 10.8. The molecule has 0 N–H and O–H groups in total. The summed E-state index contributed by atoms with van der Waals surface area (Å²) in [6, 6.07) is 9.42. The summed E-state index contributed by atoms with van der Waals surface area (Å²) in [6.07, 6.45) is 0. The minimum Gasteiger partial charge on any atom is -0.277 e. The molecule has 3 nitrogen and oxygen atoms in total. The van der Waals surface area contributed by atoms with E-state index in [4.69, 9.17) is 10.5 Å². The lowest BCUT2D eigenvalue weighted by molar-refractivity contribution is 0.105. The summed E-state index contributed by atoms with van der Waals surface area (Å²) >= 11 is 0. The minimum absolute atomic E-state index is 0.261. The summed E-state index contributed by atoms with van der Waals surface area (Å²) in [5.74, 6) is -0.618. The molecule has 0 saturated carbocycles. The smallest absolute Gasteiger partial charge is 0.262 e. The lowest BCUT2D eigenvalue weighted by Crippen LogP contribution is -1.94. The van der Waals surface area contributed by atoms with Crippen LogP contribution in [-0.2, 0) is 0 Å². The molecule has 56 valence electrons. The Morgan fingerprint density at radius 2 is 2.08 bits per heavy atom. The monoisotopic (exact) mass is 156 g/mol. The Labute approximate surface area is 69.5 Å². The molecule has 0 radical (unpaired) electrons. The maximum Gasteiger partial charge on any atom is 0.262 e. The van der Waals surface area contributed by atoms with Crippen LogP contribution in [0.2, 0.25) is 0 Å². The van der Waals surface area contributed by atoms with E-state index in [9.17, 15) is 4.79 Å². The fourth-order valence-electron chi connectivity index (χ4n) is 0.795. The molecule has 0 amide bonds. The zero-order chi connectivity index (χ0) is 8.97. The number of carbonyl (C=O) groups excluding carboxylic acids is 1. The van der Waals surface area contributed by atoms with Gasteiger partial charge in [-0.2, -0.15) is 10.5 Å². The van der Waals surface area contributed by atoms with E-state index in [0.717, 1.165) is 0 Å². The van der Waals surface area contributed by atoms with Crippen LogP contribution >= 0.6 is 0 Å². The third kappa shape index (κ3) is 1.47. The molecule has 1 rings (SSSR count). The molecule has 0 fully saturated rings. The maximum atomic E-state index is 10.8. The van der Waals surface area contributed by atoms with Crippen LogP contribution in [0.15, 0.2) is 24.3 Å². The number of hydrogen-bond acceptors (Lipinski definition) is 3. The van der Waals surface area contributed by atoms with Gasteiger partial charge in [0.2, 0.25) is 0 Å². The van der Waals surface area contributed by atoms with Crippen molar-refractivity contribution in [2.75, 3.05) is 0 Å². The zero-order valence-electron chi connectivity index (χ0n) is 6.11. The fraction of sp³-hybridized carbons (Fsp3) is 0. The minimum atomic E-state index is -0.618. The number of carbonyl (C=O) groups is 1. The van der Waals surface area contributed by atoms with Gasteiger partial charge in [0.05, 0.1) is 11.6 Å². The molecule has 12 heavy (non-hydrogen) atoms. The number of benzene rings is 1. The molecule has 0 saturated heterocycles. The van der Waals surface area contributed by atoms with E-state index in [-0.39, 0.29) is 5.56 Å². The second-order valence-corrected chi connectivity index (χ2v) is 2.13. The molecule has 0 bridgehead atoms. The summed E-state index contributed by atoms with van der Waals surface area (Å²) in [5.41, 5.74) is 0.646. The first-order valence-corrected chi connectivity index (χ1v) is 3.22. The van der Waals surface area contributed by atoms with Gasteiger partial charge in [0.25, 0.3) is 5.78 Å². The fourth-order valence-corrected chi connectivity index (χ4v) is 0.795. The van der Waals surface area contributed by atoms with Crippen LogP contribution in [0.25, 0.3) is 0 Å². The van der Waals surface area contributed by atoms with Gasteiger partial charge in [-0.1, -0.05) is 12.1 Å². The quantitative estimate of drug-likeness (QED) is 0.454. The Morgan fingerprint density at radius 1 is 1.33 bits per heavy atom. The van der Waals surface area contributed by atoms with Crippen molar-refractivity contribution < 1.29 is 4.79 Å². The summed E-state index contributed by atoms with van der Waals surface area (Å²) in [7, 11) is 0. The molecule has 0 unspecified atom stereocenters. The van der Waals surface area contributed by atoms with E-state index in [2.05, 4.69) is 0 Å². The highest BCUT2D eigenvalue weighted by atomic mass is 16.1. The molecule has 1 aromatic carbocycles. The first-order valence-electron chi connectivity index (χ1n) is 3.22. The van der Waals surface area contributed by atoms with Crippen LogP contribution in [0.5, 0.6) is 0 Å². The molecule has 0 heterocycles. The Kier molecular flexibility index (Phi) is 2.20. The van der Waals surface area contributed by atoms with Gasteiger partial charge >= 0.3 is 0 Å². The number of ketones is 1. The summed E-state index contributed by atoms with van der Waals surface area (Å²) < 4.78 is 0. The largest absolute Gasteiger partial charge is 0.277 e. The number of hydrogen-bond donors (Lipinski definition) is 0. The van der Waals surface area contributed by atoms with Gasteiger partial charge in [-0.05, 0) is 12.1 Å². The Bertz CT molecular complexity index is 396. The van der Waals surface area contributed by atoms with Crippen LogP contribution < -0.4 is 0 Å². The summed E-state index contributed by atoms with van der Waals surface area (Å²) in [5, 5.41) is 16.7. The number of nitriles is 2. The molecule has 0 spiro atoms. The van der Waals surface area contributed by atoms with Crippen molar-refractivity contribution in [1.82, 2.24) is 0 Å². The van der Waals surface area contributed by atoms with Gasteiger partial charge in [-0.15, -0.1) is 0 Å². The van der Waals surface area contributed by atoms with Gasteiger partial charge < -0.3 is 0 Å². The lowest BCUT2D eigenvalue weighted by Gasteiger charge is -1.91. The summed E-state index contributed by atoms with van der Waals surface area (Å²) in [4.78, 5) is 10.8. The van der Waals surface area contributed by atoms with Crippen LogP contribution in [0.4, 0.5) is 0 Å². The molecule has 0 aliphatic carbocycles. The third-order valence-corrected chi connectivity index (χ3v) is 1.36. The molecule has 0 aromatic heterocycles. The standard InChI is InChI=1S/C9H4N2O/c10-5-7-2-1-3-8(4-7)9(12)6-11/h1-4H. The second-order valence-electron chi connectivity index (χ2n) is 2.13. The van der Waals surface area contributed by atoms with Gasteiger partial charge in [0.15, 0.2) is 0 Å². The van der Waals surface area contributed by atoms with Crippen LogP contribution in [0.1, 0.15) is 15.9 Å². The molecule has 0 atom stereocenters. The molecule has 1 aromatic rings. The first kappa shape index (κ1) is 7.97. The van der Waals surface area contributed by atoms with Crippen molar-refractivity contribution in [2.24, 2.45) is 0 Å². The highest BCUT2D eigenvalue weighted by Crippen LogP contribution is 2.04. The average Bonchev–Trinajstić information content (AvgIpc) is 2.17. The van der Waals surface area contributed by atoms with Crippen molar-refractivity contribution in [1.29, 1.82) is 10.5 Å². The number of Topliss-reactive ketones (excluding diaryl/α,β-unsaturated/α-hetero) is 1. The van der Waals surface area contributed by atoms with Crippen molar-refractivity contribution >= 4 is 5.78 Å². The van der Waals surface area contributed by atoms with Gasteiger partial charge in [-0.3, -0.25) is 4.79 Å². The van der Waals surface area contributed by atoms with E-state index in [1.807, 2.05) is 6.07 Å². The predicted molar refractivity (Wildman–Crippen MR) is 41.1 cm³/mol. The van der Waals surface area contributed by atoms with Crippen LogP contribution in [0.3, 0.4) is 0 Å². The van der Waals surface area contributed by atoms with Crippen molar-refractivity contribution in [3.05, 3.63) is 35.4 Å². The van der Waals surface area contributed by atoms with Crippen LogP contribution in [0, 0.1) is 22.7 Å². The van der Waals surface area contributed by atoms with Gasteiger partial charge in [0.1, 0.15) is 6.07 Å². The number of nitrogens with zero attached hydrogens (tertiary/aromatic N) is 2. The van der Waals surface area contributed by atoms with Gasteiger partial charge in [-0.25, -0.2) is 0 Å². The Morgan fingerprint density at radius 3 is 2.67 bits per heavy atom. The topological polar surface area (TPSA) is 64.7 Å². The Balaban J connectivity index is 3.14. The molecular formula is C9H4N2O. The number of rotatable bonds is 1. The normalized spacial score (nSPS) is 8.17. The molecule has 0 aliphatic heterocycles. The van der Waals surface area contributed by atoms with Crippen molar-refractivity contribution in [3.63, 3.8) is 0 Å². The average molecular weight is 156 g/mol. The summed E-state index contributed by atoms with van der Waals surface area (Å²) in [6.45, 7) is 0. The lowest BCUT2D eigenvalue weighted by atomic mass is 10.1. The zero-order valence-corrected chi connectivity index (χ0v) is 6.11. The van der Waals surface area contributed by atoms with Crippen LogP contribution in [-0.4, -0.2) is 5.78 Å². The van der Waals surface area contributed by atoms with Crippen molar-refractivity contribution in [3.8, 4) is 12.1 Å². The highest BCUT2D eigenvalue weighted by molar-refractivity contribution is 6.07. The second kappa shape index (κ2) is 3.32. The Hall–Kier alpha value is -2.13. The van der Waals surface area contributed by atoms with E-state index < -0.39 is 5.78 Å².